The van der Waals surface area contributed by atoms with Crippen LogP contribution in [0.3, 0.4) is 0 Å². The number of hydrogen-bond acceptors (Lipinski definition) is 1. The Morgan fingerprint density at radius 3 is 2.50 bits per heavy atom. The first-order chi connectivity index (χ1) is 5.64. The average Bonchev–Trinajstić information content (AvgIpc) is 2.68. The molecule has 1 heteroatoms. The van der Waals surface area contributed by atoms with Crippen LogP contribution in [0, 0.1) is 17.8 Å². The molecule has 1 aliphatic carbocycles. The molecule has 2 fully saturated rings. The lowest BCUT2D eigenvalue weighted by atomic mass is 9.70. The highest BCUT2D eigenvalue weighted by Crippen LogP contribution is 2.50. The van der Waals surface area contributed by atoms with Crippen molar-refractivity contribution in [3.8, 4) is 0 Å². The molecule has 0 amide bonds. The van der Waals surface area contributed by atoms with Gasteiger partial charge in [0.1, 0.15) is 0 Å². The summed E-state index contributed by atoms with van der Waals surface area (Å²) in [6, 6.07) is 0. The van der Waals surface area contributed by atoms with Crippen LogP contribution in [-0.4, -0.2) is 12.2 Å². The standard InChI is InChI=1S/C11H20O/c1-8(2)10-5-4-9(3)6-11(10)7-12-11/h8-10H,4-7H2,1-3H3/t9-,10+,11?/m1/s1. The largest absolute Gasteiger partial charge is 0.369 e. The molecule has 12 heavy (non-hydrogen) atoms. The highest BCUT2D eigenvalue weighted by Gasteiger charge is 2.54. The highest BCUT2D eigenvalue weighted by molar-refractivity contribution is 5.02. The maximum absolute atomic E-state index is 5.68. The monoisotopic (exact) mass is 168 g/mol. The molecule has 1 saturated heterocycles. The maximum Gasteiger partial charge on any atom is 0.0949 e. The summed E-state index contributed by atoms with van der Waals surface area (Å²) >= 11 is 0. The van der Waals surface area contributed by atoms with Crippen LogP contribution in [0.2, 0.25) is 0 Å². The zero-order chi connectivity index (χ0) is 8.77. The molecule has 0 aromatic carbocycles. The number of epoxide rings is 1. The van der Waals surface area contributed by atoms with Gasteiger partial charge in [0.2, 0.25) is 0 Å². The Morgan fingerprint density at radius 2 is 2.00 bits per heavy atom. The van der Waals surface area contributed by atoms with E-state index in [0.29, 0.717) is 5.60 Å². The van der Waals surface area contributed by atoms with Gasteiger partial charge in [-0.05, 0) is 30.6 Å². The van der Waals surface area contributed by atoms with Crippen molar-refractivity contribution in [1.29, 1.82) is 0 Å². The first-order valence-electron chi connectivity index (χ1n) is 5.28. The molecule has 1 aliphatic heterocycles. The fourth-order valence-corrected chi connectivity index (χ4v) is 2.94. The Bertz CT molecular complexity index is 170. The van der Waals surface area contributed by atoms with Gasteiger partial charge in [-0.1, -0.05) is 27.2 Å². The van der Waals surface area contributed by atoms with E-state index in [-0.39, 0.29) is 0 Å². The van der Waals surface area contributed by atoms with Crippen LogP contribution in [0.4, 0.5) is 0 Å². The Labute approximate surface area is 75.5 Å². The quantitative estimate of drug-likeness (QED) is 0.548. The lowest BCUT2D eigenvalue weighted by molar-refractivity contribution is 0.0953. The van der Waals surface area contributed by atoms with Gasteiger partial charge in [0.25, 0.3) is 0 Å². The van der Waals surface area contributed by atoms with Crippen LogP contribution >= 0.6 is 0 Å². The Hall–Kier alpha value is -0.0400. The number of rotatable bonds is 1. The topological polar surface area (TPSA) is 12.5 Å². The third-order valence-electron chi connectivity index (χ3n) is 3.66. The van der Waals surface area contributed by atoms with Gasteiger partial charge in [-0.2, -0.15) is 0 Å². The lowest BCUT2D eigenvalue weighted by Crippen LogP contribution is -2.35. The zero-order valence-electron chi connectivity index (χ0n) is 8.47. The second-order valence-electron chi connectivity index (χ2n) is 5.09. The van der Waals surface area contributed by atoms with Gasteiger partial charge >= 0.3 is 0 Å². The summed E-state index contributed by atoms with van der Waals surface area (Å²) in [7, 11) is 0. The molecular weight excluding hydrogens is 148 g/mol. The second kappa shape index (κ2) is 2.73. The van der Waals surface area contributed by atoms with E-state index in [1.165, 1.54) is 19.3 Å². The Balaban J connectivity index is 2.05. The van der Waals surface area contributed by atoms with Gasteiger partial charge in [0.05, 0.1) is 12.2 Å². The molecule has 0 N–H and O–H groups in total. The molecule has 1 heterocycles. The van der Waals surface area contributed by atoms with Gasteiger partial charge in [-0.3, -0.25) is 0 Å². The van der Waals surface area contributed by atoms with Crippen molar-refractivity contribution in [2.45, 2.75) is 45.6 Å². The van der Waals surface area contributed by atoms with Crippen LogP contribution in [0.25, 0.3) is 0 Å². The van der Waals surface area contributed by atoms with Crippen LogP contribution in [0.5, 0.6) is 0 Å². The summed E-state index contributed by atoms with van der Waals surface area (Å²) in [4.78, 5) is 0. The van der Waals surface area contributed by atoms with Gasteiger partial charge in [0, 0.05) is 0 Å². The zero-order valence-corrected chi connectivity index (χ0v) is 8.47. The van der Waals surface area contributed by atoms with Crippen molar-refractivity contribution in [3.05, 3.63) is 0 Å². The van der Waals surface area contributed by atoms with E-state index in [4.69, 9.17) is 4.74 Å². The minimum absolute atomic E-state index is 0.339. The van der Waals surface area contributed by atoms with E-state index in [0.717, 1.165) is 24.4 Å². The summed E-state index contributed by atoms with van der Waals surface area (Å²) in [5.41, 5.74) is 0.339. The molecule has 0 aromatic rings. The number of ether oxygens (including phenoxy) is 1. The molecule has 1 nitrogen and oxygen atoms in total. The van der Waals surface area contributed by atoms with E-state index in [2.05, 4.69) is 20.8 Å². The second-order valence-corrected chi connectivity index (χ2v) is 5.09. The molecule has 1 spiro atoms. The Kier molecular flexibility index (Phi) is 1.95. The normalized spacial score (nSPS) is 47.0. The van der Waals surface area contributed by atoms with Crippen molar-refractivity contribution in [3.63, 3.8) is 0 Å². The molecule has 0 radical (unpaired) electrons. The van der Waals surface area contributed by atoms with Gasteiger partial charge < -0.3 is 4.74 Å². The first-order valence-corrected chi connectivity index (χ1v) is 5.28. The predicted octanol–water partition coefficient (Wildman–Crippen LogP) is 2.85. The Morgan fingerprint density at radius 1 is 1.33 bits per heavy atom. The molecule has 70 valence electrons. The van der Waals surface area contributed by atoms with Gasteiger partial charge in [0.15, 0.2) is 0 Å². The summed E-state index contributed by atoms with van der Waals surface area (Å²) in [5.74, 6) is 2.54. The molecule has 2 aliphatic rings. The van der Waals surface area contributed by atoms with Crippen LogP contribution in [0.1, 0.15) is 40.0 Å². The van der Waals surface area contributed by atoms with E-state index in [1.54, 1.807) is 0 Å². The van der Waals surface area contributed by atoms with E-state index >= 15 is 0 Å². The summed E-state index contributed by atoms with van der Waals surface area (Å²) in [5, 5.41) is 0. The molecule has 0 aromatic heterocycles. The fourth-order valence-electron chi connectivity index (χ4n) is 2.94. The van der Waals surface area contributed by atoms with Gasteiger partial charge in [-0.15, -0.1) is 0 Å². The number of hydrogen-bond donors (Lipinski definition) is 0. The third kappa shape index (κ3) is 1.28. The first kappa shape index (κ1) is 8.55. The molecule has 1 saturated carbocycles. The molecule has 3 atom stereocenters. The minimum atomic E-state index is 0.339. The molecule has 2 rings (SSSR count). The highest BCUT2D eigenvalue weighted by atomic mass is 16.6. The van der Waals surface area contributed by atoms with E-state index < -0.39 is 0 Å². The van der Waals surface area contributed by atoms with Crippen LogP contribution in [0.15, 0.2) is 0 Å². The minimum Gasteiger partial charge on any atom is -0.369 e. The van der Waals surface area contributed by atoms with Crippen LogP contribution < -0.4 is 0 Å². The van der Waals surface area contributed by atoms with Crippen molar-refractivity contribution < 1.29 is 4.74 Å². The predicted molar refractivity (Wildman–Crippen MR) is 50.0 cm³/mol. The van der Waals surface area contributed by atoms with Crippen molar-refractivity contribution in [1.82, 2.24) is 0 Å². The van der Waals surface area contributed by atoms with Crippen molar-refractivity contribution >= 4 is 0 Å². The van der Waals surface area contributed by atoms with Crippen molar-refractivity contribution in [2.75, 3.05) is 6.61 Å². The summed E-state index contributed by atoms with van der Waals surface area (Å²) in [6.45, 7) is 8.08. The van der Waals surface area contributed by atoms with Crippen LogP contribution in [-0.2, 0) is 4.74 Å². The molecular formula is C11H20O. The summed E-state index contributed by atoms with van der Waals surface area (Å²) < 4.78 is 5.68. The van der Waals surface area contributed by atoms with E-state index in [1.807, 2.05) is 0 Å². The van der Waals surface area contributed by atoms with Crippen molar-refractivity contribution in [2.24, 2.45) is 17.8 Å². The third-order valence-corrected chi connectivity index (χ3v) is 3.66. The fraction of sp³-hybridized carbons (Fsp3) is 1.00. The smallest absolute Gasteiger partial charge is 0.0949 e. The summed E-state index contributed by atoms with van der Waals surface area (Å²) in [6.07, 6.45) is 4.11. The lowest BCUT2D eigenvalue weighted by Gasteiger charge is -2.35. The average molecular weight is 168 g/mol. The maximum atomic E-state index is 5.68. The molecule has 1 unspecified atom stereocenters. The molecule has 0 bridgehead atoms. The van der Waals surface area contributed by atoms with Gasteiger partial charge in [-0.25, -0.2) is 0 Å². The van der Waals surface area contributed by atoms with E-state index in [9.17, 15) is 0 Å². The SMILES string of the molecule is CC(C)[C@@H]1CC[C@@H](C)CC12CO2.